The van der Waals surface area contributed by atoms with Gasteiger partial charge < -0.3 is 5.11 Å². The van der Waals surface area contributed by atoms with Crippen molar-refractivity contribution < 1.29 is 9.90 Å². The van der Waals surface area contributed by atoms with E-state index in [1.807, 2.05) is 0 Å². The smallest absolute Gasteiger partial charge is 0.303 e. The highest BCUT2D eigenvalue weighted by molar-refractivity contribution is 14.1. The van der Waals surface area contributed by atoms with Crippen molar-refractivity contribution >= 4 is 28.6 Å². The maximum Gasteiger partial charge on any atom is 0.303 e. The molecular formula is C11H13IO2. The van der Waals surface area contributed by atoms with Gasteiger partial charge in [-0.15, -0.1) is 0 Å². The second kappa shape index (κ2) is 6.01. The van der Waals surface area contributed by atoms with Gasteiger partial charge in [0, 0.05) is 9.99 Å². The van der Waals surface area contributed by atoms with Crippen LogP contribution < -0.4 is 0 Å². The van der Waals surface area contributed by atoms with E-state index in [9.17, 15) is 4.79 Å². The molecule has 0 aliphatic rings. The van der Waals surface area contributed by atoms with Gasteiger partial charge in [0.05, 0.1) is 0 Å². The Morgan fingerprint density at radius 1 is 1.21 bits per heavy atom. The molecule has 3 heteroatoms. The fourth-order valence-electron chi connectivity index (χ4n) is 1.26. The molecule has 0 radical (unpaired) electrons. The molecule has 1 aromatic rings. The van der Waals surface area contributed by atoms with Crippen LogP contribution in [-0.2, 0) is 11.2 Å². The zero-order valence-corrected chi connectivity index (χ0v) is 10.0. The Morgan fingerprint density at radius 3 is 2.43 bits per heavy atom. The summed E-state index contributed by atoms with van der Waals surface area (Å²) in [5.41, 5.74) is 1.29. The number of carboxylic acid groups (broad SMARTS) is 1. The molecule has 2 nitrogen and oxygen atoms in total. The predicted octanol–water partition coefficient (Wildman–Crippen LogP) is 3.09. The topological polar surface area (TPSA) is 37.3 Å². The van der Waals surface area contributed by atoms with Crippen molar-refractivity contribution in [2.24, 2.45) is 0 Å². The number of rotatable bonds is 5. The third-order valence-electron chi connectivity index (χ3n) is 2.02. The normalized spacial score (nSPS) is 10.1. The Labute approximate surface area is 97.5 Å². The molecule has 0 saturated heterocycles. The van der Waals surface area contributed by atoms with Crippen molar-refractivity contribution in [1.82, 2.24) is 0 Å². The Hall–Kier alpha value is -0.580. The summed E-state index contributed by atoms with van der Waals surface area (Å²) in [6.07, 6.45) is 2.97. The third kappa shape index (κ3) is 4.60. The molecule has 0 bridgehead atoms. The molecule has 0 aromatic heterocycles. The molecule has 0 aliphatic carbocycles. The number of benzene rings is 1. The second-order valence-electron chi connectivity index (χ2n) is 3.23. The molecule has 0 atom stereocenters. The molecule has 0 aliphatic heterocycles. The second-order valence-corrected chi connectivity index (χ2v) is 4.47. The zero-order valence-electron chi connectivity index (χ0n) is 7.87. The number of aryl methyl sites for hydroxylation is 1. The molecule has 0 fully saturated rings. The van der Waals surface area contributed by atoms with E-state index in [1.165, 1.54) is 9.13 Å². The summed E-state index contributed by atoms with van der Waals surface area (Å²) in [5, 5.41) is 8.45. The van der Waals surface area contributed by atoms with Gasteiger partial charge in [-0.2, -0.15) is 0 Å². The Kier molecular flexibility index (Phi) is 4.93. The number of carbonyl (C=O) groups is 1. The summed E-state index contributed by atoms with van der Waals surface area (Å²) in [4.78, 5) is 10.3. The monoisotopic (exact) mass is 304 g/mol. The standard InChI is InChI=1S/C11H13IO2/c12-10-7-5-9(6-8-10)3-1-2-4-11(13)14/h5-8H,1-4H2,(H,13,14). The first-order chi connectivity index (χ1) is 6.68. The molecule has 0 saturated carbocycles. The molecular weight excluding hydrogens is 291 g/mol. The van der Waals surface area contributed by atoms with Crippen LogP contribution in [0.25, 0.3) is 0 Å². The summed E-state index contributed by atoms with van der Waals surface area (Å²) in [6, 6.07) is 8.35. The maximum absolute atomic E-state index is 10.3. The molecule has 1 rings (SSSR count). The molecule has 14 heavy (non-hydrogen) atoms. The van der Waals surface area contributed by atoms with Crippen LogP contribution in [0.1, 0.15) is 24.8 Å². The average molecular weight is 304 g/mol. The number of hydrogen-bond donors (Lipinski definition) is 1. The van der Waals surface area contributed by atoms with Gasteiger partial charge in [0.25, 0.3) is 0 Å². The zero-order chi connectivity index (χ0) is 10.4. The number of unbranched alkanes of at least 4 members (excludes halogenated alkanes) is 1. The molecule has 1 N–H and O–H groups in total. The van der Waals surface area contributed by atoms with E-state index in [0.29, 0.717) is 0 Å². The van der Waals surface area contributed by atoms with Gasteiger partial charge in [0.2, 0.25) is 0 Å². The average Bonchev–Trinajstić information content (AvgIpc) is 2.15. The van der Waals surface area contributed by atoms with E-state index >= 15 is 0 Å². The van der Waals surface area contributed by atoms with Crippen LogP contribution in [-0.4, -0.2) is 11.1 Å². The number of hydrogen-bond acceptors (Lipinski definition) is 1. The summed E-state index contributed by atoms with van der Waals surface area (Å²) in [5.74, 6) is -0.701. The van der Waals surface area contributed by atoms with Crippen molar-refractivity contribution in [3.63, 3.8) is 0 Å². The first-order valence-electron chi connectivity index (χ1n) is 4.65. The fourth-order valence-corrected chi connectivity index (χ4v) is 1.62. The lowest BCUT2D eigenvalue weighted by Gasteiger charge is -2.00. The highest BCUT2D eigenvalue weighted by Crippen LogP contribution is 2.10. The summed E-state index contributed by atoms with van der Waals surface area (Å²) < 4.78 is 1.23. The van der Waals surface area contributed by atoms with E-state index < -0.39 is 5.97 Å². The lowest BCUT2D eigenvalue weighted by molar-refractivity contribution is -0.137. The minimum absolute atomic E-state index is 0.282. The molecule has 0 amide bonds. The van der Waals surface area contributed by atoms with Crippen LogP contribution in [0.4, 0.5) is 0 Å². The van der Waals surface area contributed by atoms with Gasteiger partial charge >= 0.3 is 5.97 Å². The first-order valence-corrected chi connectivity index (χ1v) is 5.72. The van der Waals surface area contributed by atoms with E-state index in [-0.39, 0.29) is 6.42 Å². The third-order valence-corrected chi connectivity index (χ3v) is 2.74. The van der Waals surface area contributed by atoms with Gasteiger partial charge in [-0.3, -0.25) is 4.79 Å². The quantitative estimate of drug-likeness (QED) is 0.670. The van der Waals surface area contributed by atoms with Crippen LogP contribution in [0.2, 0.25) is 0 Å². The number of halogens is 1. The van der Waals surface area contributed by atoms with Gasteiger partial charge in [0.1, 0.15) is 0 Å². The van der Waals surface area contributed by atoms with Gasteiger partial charge in [-0.05, 0) is 59.5 Å². The van der Waals surface area contributed by atoms with Crippen molar-refractivity contribution in [2.75, 3.05) is 0 Å². The summed E-state index contributed by atoms with van der Waals surface area (Å²) in [6.45, 7) is 0. The highest BCUT2D eigenvalue weighted by atomic mass is 127. The molecule has 0 unspecified atom stereocenters. The van der Waals surface area contributed by atoms with Crippen molar-refractivity contribution in [3.05, 3.63) is 33.4 Å². The lowest BCUT2D eigenvalue weighted by Crippen LogP contribution is -1.94. The van der Waals surface area contributed by atoms with Gasteiger partial charge in [0.15, 0.2) is 0 Å². The van der Waals surface area contributed by atoms with Crippen molar-refractivity contribution in [1.29, 1.82) is 0 Å². The van der Waals surface area contributed by atoms with Crippen LogP contribution in [0.3, 0.4) is 0 Å². The molecule has 0 spiro atoms. The van der Waals surface area contributed by atoms with E-state index in [4.69, 9.17) is 5.11 Å². The van der Waals surface area contributed by atoms with Crippen LogP contribution in [0.5, 0.6) is 0 Å². The van der Waals surface area contributed by atoms with Crippen LogP contribution in [0, 0.1) is 3.57 Å². The van der Waals surface area contributed by atoms with Gasteiger partial charge in [-0.1, -0.05) is 12.1 Å². The van der Waals surface area contributed by atoms with Gasteiger partial charge in [-0.25, -0.2) is 0 Å². The summed E-state index contributed by atoms with van der Waals surface area (Å²) >= 11 is 2.27. The summed E-state index contributed by atoms with van der Waals surface area (Å²) in [7, 11) is 0. The molecule has 1 aromatic carbocycles. The van der Waals surface area contributed by atoms with E-state index in [1.54, 1.807) is 0 Å². The minimum Gasteiger partial charge on any atom is -0.481 e. The first kappa shape index (κ1) is 11.5. The van der Waals surface area contributed by atoms with Crippen LogP contribution in [0.15, 0.2) is 24.3 Å². The Balaban J connectivity index is 2.25. The van der Waals surface area contributed by atoms with Crippen molar-refractivity contribution in [2.45, 2.75) is 25.7 Å². The number of aliphatic carboxylic acids is 1. The SMILES string of the molecule is O=C(O)CCCCc1ccc(I)cc1. The minimum atomic E-state index is -0.701. The van der Waals surface area contributed by atoms with Crippen LogP contribution >= 0.6 is 22.6 Å². The largest absolute Gasteiger partial charge is 0.481 e. The Bertz CT molecular complexity index is 293. The fraction of sp³-hybridized carbons (Fsp3) is 0.364. The highest BCUT2D eigenvalue weighted by Gasteiger charge is 1.97. The van der Waals surface area contributed by atoms with Crippen molar-refractivity contribution in [3.8, 4) is 0 Å². The van der Waals surface area contributed by atoms with E-state index in [0.717, 1.165) is 19.3 Å². The maximum atomic E-state index is 10.3. The predicted molar refractivity (Wildman–Crippen MR) is 64.3 cm³/mol. The Morgan fingerprint density at radius 2 is 1.86 bits per heavy atom. The lowest BCUT2D eigenvalue weighted by atomic mass is 10.1. The van der Waals surface area contributed by atoms with E-state index in [2.05, 4.69) is 46.9 Å². The molecule has 76 valence electrons. The molecule has 0 heterocycles. The number of carboxylic acids is 1.